The fourth-order valence-electron chi connectivity index (χ4n) is 3.10. The number of aromatic amines is 1. The minimum Gasteiger partial charge on any atom is -0.334 e. The fraction of sp³-hybridized carbons (Fsp3) is 0.273. The highest BCUT2D eigenvalue weighted by molar-refractivity contribution is 6.33. The van der Waals surface area contributed by atoms with E-state index in [4.69, 9.17) is 11.6 Å². The van der Waals surface area contributed by atoms with E-state index in [1.165, 1.54) is 0 Å². The average Bonchev–Trinajstić information content (AvgIpc) is 2.65. The normalized spacial score (nSPS) is 10.9. The molecular weight excluding hydrogens is 360 g/mol. The van der Waals surface area contributed by atoms with Gasteiger partial charge in [0, 0.05) is 17.6 Å². The third-order valence-electron chi connectivity index (χ3n) is 4.61. The number of H-pyrrole nitrogens is 1. The van der Waals surface area contributed by atoms with Crippen LogP contribution < -0.4 is 5.56 Å². The van der Waals surface area contributed by atoms with Crippen molar-refractivity contribution < 1.29 is 4.79 Å². The Morgan fingerprint density at radius 1 is 1.15 bits per heavy atom. The lowest BCUT2D eigenvalue weighted by molar-refractivity contribution is 0.0740. The molecule has 140 valence electrons. The van der Waals surface area contributed by atoms with E-state index in [0.29, 0.717) is 22.7 Å². The quantitative estimate of drug-likeness (QED) is 0.657. The summed E-state index contributed by atoms with van der Waals surface area (Å²) in [4.78, 5) is 30.2. The van der Waals surface area contributed by atoms with Gasteiger partial charge in [-0.2, -0.15) is 0 Å². The number of carbonyl (C=O) groups is 1. The second-order valence-electron chi connectivity index (χ2n) is 6.77. The number of benzene rings is 2. The molecule has 3 rings (SSSR count). The summed E-state index contributed by atoms with van der Waals surface area (Å²) in [6.07, 6.45) is 1.82. The van der Waals surface area contributed by atoms with E-state index in [2.05, 4.69) is 11.9 Å². The second-order valence-corrected chi connectivity index (χ2v) is 7.18. The van der Waals surface area contributed by atoms with Gasteiger partial charge in [-0.25, -0.2) is 0 Å². The molecule has 0 fully saturated rings. The van der Waals surface area contributed by atoms with Crippen molar-refractivity contribution in [3.8, 4) is 0 Å². The second kappa shape index (κ2) is 8.40. The lowest BCUT2D eigenvalue weighted by Gasteiger charge is -2.23. The van der Waals surface area contributed by atoms with Crippen molar-refractivity contribution in [2.45, 2.75) is 33.2 Å². The lowest BCUT2D eigenvalue weighted by Crippen LogP contribution is -2.33. The maximum Gasteiger partial charge on any atom is 0.255 e. The number of fused-ring (bicyclic) bond motifs is 1. The molecule has 0 aliphatic rings. The van der Waals surface area contributed by atoms with Crippen molar-refractivity contribution in [2.24, 2.45) is 0 Å². The van der Waals surface area contributed by atoms with Crippen LogP contribution in [0.4, 0.5) is 0 Å². The van der Waals surface area contributed by atoms with E-state index in [1.807, 2.05) is 31.2 Å². The minimum absolute atomic E-state index is 0.155. The molecule has 1 amide bonds. The molecule has 3 aromatic rings. The number of nitrogens with one attached hydrogen (secondary N) is 1. The Hall–Kier alpha value is -2.59. The van der Waals surface area contributed by atoms with Gasteiger partial charge >= 0.3 is 0 Å². The Morgan fingerprint density at radius 3 is 2.67 bits per heavy atom. The van der Waals surface area contributed by atoms with Gasteiger partial charge in [-0.1, -0.05) is 48.7 Å². The summed E-state index contributed by atoms with van der Waals surface area (Å²) < 4.78 is 0. The molecule has 0 aliphatic carbocycles. The summed E-state index contributed by atoms with van der Waals surface area (Å²) in [6.45, 7) is 4.91. The lowest BCUT2D eigenvalue weighted by atomic mass is 10.1. The Bertz CT molecular complexity index is 1030. The Kier molecular flexibility index (Phi) is 5.97. The summed E-state index contributed by atoms with van der Waals surface area (Å²) >= 11 is 6.21. The summed E-state index contributed by atoms with van der Waals surface area (Å²) in [5.74, 6) is -0.155. The fourth-order valence-corrected chi connectivity index (χ4v) is 3.32. The maximum atomic E-state index is 13.0. The summed E-state index contributed by atoms with van der Waals surface area (Å²) in [7, 11) is 0. The van der Waals surface area contributed by atoms with Crippen molar-refractivity contribution in [3.05, 3.63) is 80.6 Å². The number of aromatic nitrogens is 1. The van der Waals surface area contributed by atoms with Crippen molar-refractivity contribution in [1.82, 2.24) is 9.88 Å². The molecule has 5 heteroatoms. The van der Waals surface area contributed by atoms with E-state index in [9.17, 15) is 9.59 Å². The SMILES string of the molecule is CCCCN(Cc1cc2cc(C)ccc2[nH]c1=O)C(=O)c1ccccc1Cl. The number of hydrogen-bond acceptors (Lipinski definition) is 2. The smallest absolute Gasteiger partial charge is 0.255 e. The van der Waals surface area contributed by atoms with Crippen molar-refractivity contribution in [2.75, 3.05) is 6.54 Å². The minimum atomic E-state index is -0.167. The van der Waals surface area contributed by atoms with Gasteiger partial charge in [-0.15, -0.1) is 0 Å². The highest BCUT2D eigenvalue weighted by Gasteiger charge is 2.19. The molecule has 0 aliphatic heterocycles. The number of nitrogens with zero attached hydrogens (tertiary/aromatic N) is 1. The van der Waals surface area contributed by atoms with E-state index < -0.39 is 0 Å². The van der Waals surface area contributed by atoms with Crippen LogP contribution in [-0.2, 0) is 6.54 Å². The van der Waals surface area contributed by atoms with Gasteiger partial charge in [-0.05, 0) is 49.1 Å². The number of amides is 1. The number of aryl methyl sites for hydroxylation is 1. The molecular formula is C22H23ClN2O2. The largest absolute Gasteiger partial charge is 0.334 e. The predicted molar refractivity (Wildman–Crippen MR) is 110 cm³/mol. The predicted octanol–water partition coefficient (Wildman–Crippen LogP) is 4.93. The highest BCUT2D eigenvalue weighted by atomic mass is 35.5. The maximum absolute atomic E-state index is 13.0. The third kappa shape index (κ3) is 4.40. The zero-order chi connectivity index (χ0) is 19.4. The van der Waals surface area contributed by atoms with Crippen molar-refractivity contribution in [3.63, 3.8) is 0 Å². The number of unbranched alkanes of at least 4 members (excludes halogenated alkanes) is 1. The Labute approximate surface area is 163 Å². The molecule has 1 aromatic heterocycles. The Balaban J connectivity index is 1.96. The number of pyridine rings is 1. The van der Waals surface area contributed by atoms with Crippen LogP contribution in [0, 0.1) is 6.92 Å². The molecule has 0 radical (unpaired) electrons. The van der Waals surface area contributed by atoms with Crippen LogP contribution in [0.15, 0.2) is 53.3 Å². The van der Waals surface area contributed by atoms with Gasteiger partial charge in [0.1, 0.15) is 0 Å². The molecule has 0 saturated carbocycles. The van der Waals surface area contributed by atoms with Gasteiger partial charge in [0.25, 0.3) is 11.5 Å². The first-order valence-electron chi connectivity index (χ1n) is 9.16. The van der Waals surface area contributed by atoms with Gasteiger partial charge in [0.05, 0.1) is 17.1 Å². The van der Waals surface area contributed by atoms with Crippen LogP contribution in [0.1, 0.15) is 41.3 Å². The monoisotopic (exact) mass is 382 g/mol. The number of halogens is 1. The van der Waals surface area contributed by atoms with Crippen LogP contribution in [0.25, 0.3) is 10.9 Å². The Morgan fingerprint density at radius 2 is 1.93 bits per heavy atom. The van der Waals surface area contributed by atoms with Gasteiger partial charge in [-0.3, -0.25) is 9.59 Å². The van der Waals surface area contributed by atoms with Crippen molar-refractivity contribution in [1.29, 1.82) is 0 Å². The number of hydrogen-bond donors (Lipinski definition) is 1. The molecule has 4 nitrogen and oxygen atoms in total. The summed E-state index contributed by atoms with van der Waals surface area (Å²) in [6, 6.07) is 14.8. The van der Waals surface area contributed by atoms with E-state index in [1.54, 1.807) is 29.2 Å². The summed E-state index contributed by atoms with van der Waals surface area (Å²) in [5.41, 5.74) is 2.79. The van der Waals surface area contributed by atoms with E-state index in [0.717, 1.165) is 29.3 Å². The molecule has 2 aromatic carbocycles. The molecule has 0 unspecified atom stereocenters. The van der Waals surface area contributed by atoms with E-state index >= 15 is 0 Å². The highest BCUT2D eigenvalue weighted by Crippen LogP contribution is 2.19. The zero-order valence-electron chi connectivity index (χ0n) is 15.6. The molecule has 27 heavy (non-hydrogen) atoms. The molecule has 0 bridgehead atoms. The number of rotatable bonds is 6. The van der Waals surface area contributed by atoms with E-state index in [-0.39, 0.29) is 18.0 Å². The molecule has 0 spiro atoms. The first-order valence-corrected chi connectivity index (χ1v) is 9.53. The topological polar surface area (TPSA) is 53.2 Å². The molecule has 1 heterocycles. The van der Waals surface area contributed by atoms with Crippen LogP contribution in [0.5, 0.6) is 0 Å². The zero-order valence-corrected chi connectivity index (χ0v) is 16.3. The summed E-state index contributed by atoms with van der Waals surface area (Å²) in [5, 5.41) is 1.39. The van der Waals surface area contributed by atoms with Gasteiger partial charge in [0.2, 0.25) is 0 Å². The van der Waals surface area contributed by atoms with Crippen molar-refractivity contribution >= 4 is 28.4 Å². The van der Waals surface area contributed by atoms with Crippen LogP contribution in [0.2, 0.25) is 5.02 Å². The van der Waals surface area contributed by atoms with Crippen LogP contribution in [0.3, 0.4) is 0 Å². The van der Waals surface area contributed by atoms with Gasteiger partial charge in [0.15, 0.2) is 0 Å². The first kappa shape index (κ1) is 19.2. The molecule has 1 N–H and O–H groups in total. The average molecular weight is 383 g/mol. The standard InChI is InChI=1S/C22H23ClN2O2/c1-3-4-11-25(22(27)18-7-5-6-8-19(18)23)14-17-13-16-12-15(2)9-10-20(16)24-21(17)26/h5-10,12-13H,3-4,11,14H2,1-2H3,(H,24,26). The molecule has 0 atom stereocenters. The van der Waals surface area contributed by atoms with Crippen LogP contribution in [-0.4, -0.2) is 22.3 Å². The third-order valence-corrected chi connectivity index (χ3v) is 4.94. The van der Waals surface area contributed by atoms with Crippen LogP contribution >= 0.6 is 11.6 Å². The molecule has 0 saturated heterocycles. The first-order chi connectivity index (χ1) is 13.0. The van der Waals surface area contributed by atoms with Gasteiger partial charge < -0.3 is 9.88 Å². The number of carbonyl (C=O) groups excluding carboxylic acids is 1.